The molecule has 2 aromatic carbocycles. The van der Waals surface area contributed by atoms with Crippen LogP contribution in [-0.4, -0.2) is 17.9 Å². The van der Waals surface area contributed by atoms with Crippen molar-refractivity contribution in [2.45, 2.75) is 25.0 Å². The van der Waals surface area contributed by atoms with Crippen molar-refractivity contribution in [2.24, 2.45) is 0 Å². The number of esters is 1. The SMILES string of the molecule is O=C(O[C@H](C(=O)NC1CC1)c1ccccc1)c1sc2cc(F)ccc2c1Cl. The van der Waals surface area contributed by atoms with Gasteiger partial charge in [-0.05, 0) is 31.0 Å². The van der Waals surface area contributed by atoms with Crippen molar-refractivity contribution in [3.63, 3.8) is 0 Å². The molecule has 1 aliphatic rings. The Morgan fingerprint density at radius 1 is 1.19 bits per heavy atom. The average Bonchev–Trinajstić information content (AvgIpc) is 3.42. The molecule has 0 bridgehead atoms. The van der Waals surface area contributed by atoms with Crippen molar-refractivity contribution in [3.8, 4) is 0 Å². The van der Waals surface area contributed by atoms with Crippen molar-refractivity contribution in [3.05, 3.63) is 69.8 Å². The van der Waals surface area contributed by atoms with Crippen LogP contribution in [0.3, 0.4) is 0 Å². The fourth-order valence-corrected chi connectivity index (χ4v) is 4.15. The van der Waals surface area contributed by atoms with Gasteiger partial charge < -0.3 is 10.1 Å². The number of thiophene rings is 1. The van der Waals surface area contributed by atoms with Gasteiger partial charge in [0.15, 0.2) is 0 Å². The van der Waals surface area contributed by atoms with Gasteiger partial charge in [-0.1, -0.05) is 41.9 Å². The highest BCUT2D eigenvalue weighted by molar-refractivity contribution is 7.21. The van der Waals surface area contributed by atoms with Crippen molar-refractivity contribution in [2.75, 3.05) is 0 Å². The van der Waals surface area contributed by atoms with Crippen LogP contribution >= 0.6 is 22.9 Å². The number of nitrogens with one attached hydrogen (secondary N) is 1. The lowest BCUT2D eigenvalue weighted by atomic mass is 10.1. The summed E-state index contributed by atoms with van der Waals surface area (Å²) in [5.74, 6) is -1.48. The number of fused-ring (bicyclic) bond motifs is 1. The summed E-state index contributed by atoms with van der Waals surface area (Å²) in [6, 6.07) is 13.1. The lowest BCUT2D eigenvalue weighted by Crippen LogP contribution is -2.33. The summed E-state index contributed by atoms with van der Waals surface area (Å²) in [5.41, 5.74) is 0.576. The van der Waals surface area contributed by atoms with E-state index in [0.29, 0.717) is 15.6 Å². The monoisotopic (exact) mass is 403 g/mol. The lowest BCUT2D eigenvalue weighted by molar-refractivity contribution is -0.130. The first-order chi connectivity index (χ1) is 13.0. The van der Waals surface area contributed by atoms with E-state index in [1.807, 2.05) is 6.07 Å². The van der Waals surface area contributed by atoms with Gasteiger partial charge in [0.05, 0.1) is 5.02 Å². The van der Waals surface area contributed by atoms with Crippen LogP contribution < -0.4 is 5.32 Å². The maximum atomic E-state index is 13.4. The Morgan fingerprint density at radius 3 is 2.63 bits per heavy atom. The lowest BCUT2D eigenvalue weighted by Gasteiger charge is -2.17. The Balaban J connectivity index is 1.63. The van der Waals surface area contributed by atoms with E-state index in [4.69, 9.17) is 16.3 Å². The maximum absolute atomic E-state index is 13.4. The first kappa shape index (κ1) is 17.9. The standard InChI is InChI=1S/C20H15ClFNO3S/c21-16-14-9-6-12(22)10-15(14)27-18(16)20(25)26-17(11-4-2-1-3-5-11)19(24)23-13-7-8-13/h1-6,9-10,13,17H,7-8H2,(H,23,24)/t17-/m0/s1. The summed E-state index contributed by atoms with van der Waals surface area (Å²) in [4.78, 5) is 25.5. The molecule has 7 heteroatoms. The minimum atomic E-state index is -1.07. The van der Waals surface area contributed by atoms with Crippen LogP contribution in [0.1, 0.15) is 34.2 Å². The highest BCUT2D eigenvalue weighted by Gasteiger charge is 2.32. The number of ether oxygens (including phenoxy) is 1. The van der Waals surface area contributed by atoms with E-state index >= 15 is 0 Å². The first-order valence-corrected chi connectivity index (χ1v) is 9.66. The Bertz CT molecular complexity index is 1020. The van der Waals surface area contributed by atoms with Gasteiger partial charge in [-0.15, -0.1) is 11.3 Å². The number of carbonyl (C=O) groups is 2. The van der Waals surface area contributed by atoms with Gasteiger partial charge in [0.25, 0.3) is 5.91 Å². The van der Waals surface area contributed by atoms with E-state index in [1.54, 1.807) is 24.3 Å². The third-order valence-corrected chi connectivity index (χ3v) is 5.90. The molecule has 1 aromatic heterocycles. The van der Waals surface area contributed by atoms with Crippen molar-refractivity contribution < 1.29 is 18.7 Å². The summed E-state index contributed by atoms with van der Waals surface area (Å²) in [6.45, 7) is 0. The summed E-state index contributed by atoms with van der Waals surface area (Å²) in [7, 11) is 0. The minimum absolute atomic E-state index is 0.137. The highest BCUT2D eigenvalue weighted by Crippen LogP contribution is 2.37. The van der Waals surface area contributed by atoms with Gasteiger partial charge in [0, 0.05) is 21.7 Å². The van der Waals surface area contributed by atoms with Crippen LogP contribution in [0.15, 0.2) is 48.5 Å². The predicted octanol–water partition coefficient (Wildman–Crippen LogP) is 4.87. The van der Waals surface area contributed by atoms with E-state index in [9.17, 15) is 14.0 Å². The van der Waals surface area contributed by atoms with Crippen molar-refractivity contribution in [1.82, 2.24) is 5.32 Å². The zero-order valence-electron chi connectivity index (χ0n) is 14.1. The molecule has 1 fully saturated rings. The van der Waals surface area contributed by atoms with Gasteiger partial charge in [0.1, 0.15) is 10.7 Å². The molecule has 0 unspecified atom stereocenters. The zero-order chi connectivity index (χ0) is 19.0. The third kappa shape index (κ3) is 3.82. The molecule has 0 saturated heterocycles. The molecule has 0 radical (unpaired) electrons. The molecule has 1 saturated carbocycles. The van der Waals surface area contributed by atoms with Crippen LogP contribution in [0.4, 0.5) is 4.39 Å². The first-order valence-electron chi connectivity index (χ1n) is 8.47. The second kappa shape index (κ2) is 7.29. The summed E-state index contributed by atoms with van der Waals surface area (Å²) in [5, 5.41) is 3.64. The normalized spacial score (nSPS) is 14.7. The topological polar surface area (TPSA) is 55.4 Å². The summed E-state index contributed by atoms with van der Waals surface area (Å²) >= 11 is 7.34. The van der Waals surface area contributed by atoms with E-state index < -0.39 is 17.9 Å². The molecule has 138 valence electrons. The molecular formula is C20H15ClFNO3S. The van der Waals surface area contributed by atoms with Crippen LogP contribution in [0.5, 0.6) is 0 Å². The Hall–Kier alpha value is -2.44. The smallest absolute Gasteiger partial charge is 0.351 e. The van der Waals surface area contributed by atoms with E-state index in [2.05, 4.69) is 5.32 Å². The molecule has 4 nitrogen and oxygen atoms in total. The number of halogens is 2. The second-order valence-corrected chi connectivity index (χ2v) is 7.79. The summed E-state index contributed by atoms with van der Waals surface area (Å²) < 4.78 is 19.5. The molecule has 1 heterocycles. The second-order valence-electron chi connectivity index (χ2n) is 6.36. The van der Waals surface area contributed by atoms with Crippen molar-refractivity contribution >= 4 is 44.9 Å². The van der Waals surface area contributed by atoms with Crippen LogP contribution in [0, 0.1) is 5.82 Å². The van der Waals surface area contributed by atoms with Crippen LogP contribution in [0.25, 0.3) is 10.1 Å². The molecule has 1 atom stereocenters. The molecular weight excluding hydrogens is 389 g/mol. The zero-order valence-corrected chi connectivity index (χ0v) is 15.6. The fraction of sp³-hybridized carbons (Fsp3) is 0.200. The number of carbonyl (C=O) groups excluding carboxylic acids is 2. The molecule has 1 amide bonds. The molecule has 3 aromatic rings. The fourth-order valence-electron chi connectivity index (χ4n) is 2.74. The van der Waals surface area contributed by atoms with Crippen LogP contribution in [-0.2, 0) is 9.53 Å². The predicted molar refractivity (Wildman–Crippen MR) is 103 cm³/mol. The minimum Gasteiger partial charge on any atom is -0.443 e. The molecule has 0 aliphatic heterocycles. The van der Waals surface area contributed by atoms with E-state index in [-0.39, 0.29) is 21.8 Å². The van der Waals surface area contributed by atoms with E-state index in [1.165, 1.54) is 18.2 Å². The van der Waals surface area contributed by atoms with Gasteiger partial charge in [-0.25, -0.2) is 9.18 Å². The third-order valence-electron chi connectivity index (χ3n) is 4.27. The van der Waals surface area contributed by atoms with Gasteiger partial charge >= 0.3 is 5.97 Å². The number of hydrogen-bond donors (Lipinski definition) is 1. The molecule has 0 spiro atoms. The maximum Gasteiger partial charge on any atom is 0.351 e. The van der Waals surface area contributed by atoms with Gasteiger partial charge in [-0.2, -0.15) is 0 Å². The van der Waals surface area contributed by atoms with E-state index in [0.717, 1.165) is 24.2 Å². The van der Waals surface area contributed by atoms with Crippen LogP contribution in [0.2, 0.25) is 5.02 Å². The van der Waals surface area contributed by atoms with Gasteiger partial charge in [0.2, 0.25) is 6.10 Å². The Kier molecular flexibility index (Phi) is 4.85. The molecule has 1 N–H and O–H groups in total. The number of benzene rings is 2. The van der Waals surface area contributed by atoms with Gasteiger partial charge in [-0.3, -0.25) is 4.79 Å². The Morgan fingerprint density at radius 2 is 1.93 bits per heavy atom. The molecule has 27 heavy (non-hydrogen) atoms. The number of hydrogen-bond acceptors (Lipinski definition) is 4. The van der Waals surface area contributed by atoms with Crippen molar-refractivity contribution in [1.29, 1.82) is 0 Å². The number of rotatable bonds is 5. The summed E-state index contributed by atoms with van der Waals surface area (Å²) in [6.07, 6.45) is 0.779. The average molecular weight is 404 g/mol. The Labute approximate surface area is 163 Å². The molecule has 4 rings (SSSR count). The molecule has 1 aliphatic carbocycles. The number of amides is 1. The highest BCUT2D eigenvalue weighted by atomic mass is 35.5. The largest absolute Gasteiger partial charge is 0.443 e. The quantitative estimate of drug-likeness (QED) is 0.618.